The minimum Gasteiger partial charge on any atom is -0.385 e. The van der Waals surface area contributed by atoms with Crippen molar-refractivity contribution in [3.05, 3.63) is 18.3 Å². The quantitative estimate of drug-likeness (QED) is 0.832. The molecule has 0 aromatic carbocycles. The molecule has 2 rings (SSSR count). The van der Waals surface area contributed by atoms with Crippen LogP contribution in [0, 0.1) is 5.92 Å². The Labute approximate surface area is 114 Å². The van der Waals surface area contributed by atoms with Crippen LogP contribution >= 0.6 is 0 Å². The van der Waals surface area contributed by atoms with Crippen molar-refractivity contribution in [2.75, 3.05) is 35.2 Å². The predicted octanol–water partition coefficient (Wildman–Crippen LogP) is 1.75. The van der Waals surface area contributed by atoms with Crippen LogP contribution < -0.4 is 10.6 Å². The van der Waals surface area contributed by atoms with Crippen LogP contribution in [0.4, 0.5) is 11.5 Å². The van der Waals surface area contributed by atoms with E-state index in [1.807, 2.05) is 12.1 Å². The highest BCUT2D eigenvalue weighted by Gasteiger charge is 2.27. The molecule has 6 heteroatoms. The molecule has 1 saturated heterocycles. The van der Waals surface area contributed by atoms with E-state index < -0.39 is 9.84 Å². The van der Waals surface area contributed by atoms with Crippen molar-refractivity contribution in [3.63, 3.8) is 0 Å². The molecule has 0 bridgehead atoms. The zero-order valence-electron chi connectivity index (χ0n) is 11.2. The van der Waals surface area contributed by atoms with Gasteiger partial charge in [0.05, 0.1) is 11.5 Å². The summed E-state index contributed by atoms with van der Waals surface area (Å²) in [5, 5.41) is 6.53. The SMILES string of the molecule is CCCNc1cc(NCC2CCS(=O)(=O)C2)ccn1. The van der Waals surface area contributed by atoms with Gasteiger partial charge < -0.3 is 10.6 Å². The van der Waals surface area contributed by atoms with Gasteiger partial charge in [0, 0.05) is 31.0 Å². The fraction of sp³-hybridized carbons (Fsp3) is 0.615. The average Bonchev–Trinajstić information content (AvgIpc) is 2.74. The molecule has 0 spiro atoms. The van der Waals surface area contributed by atoms with Crippen molar-refractivity contribution >= 4 is 21.3 Å². The van der Waals surface area contributed by atoms with E-state index in [4.69, 9.17) is 0 Å². The zero-order valence-corrected chi connectivity index (χ0v) is 12.0. The minimum absolute atomic E-state index is 0.227. The lowest BCUT2D eigenvalue weighted by Gasteiger charge is -2.12. The van der Waals surface area contributed by atoms with Gasteiger partial charge >= 0.3 is 0 Å². The van der Waals surface area contributed by atoms with Crippen LogP contribution in [0.2, 0.25) is 0 Å². The van der Waals surface area contributed by atoms with Gasteiger partial charge in [0.15, 0.2) is 9.84 Å². The van der Waals surface area contributed by atoms with Gasteiger partial charge in [0.25, 0.3) is 0 Å². The van der Waals surface area contributed by atoms with Gasteiger partial charge in [-0.3, -0.25) is 0 Å². The van der Waals surface area contributed by atoms with Gasteiger partial charge in [-0.05, 0) is 24.8 Å². The number of sulfone groups is 1. The molecular weight excluding hydrogens is 262 g/mol. The van der Waals surface area contributed by atoms with Gasteiger partial charge in [-0.1, -0.05) is 6.92 Å². The highest BCUT2D eigenvalue weighted by atomic mass is 32.2. The topological polar surface area (TPSA) is 71.1 Å². The smallest absolute Gasteiger partial charge is 0.150 e. The molecule has 1 aromatic rings. The molecule has 0 amide bonds. The van der Waals surface area contributed by atoms with Crippen molar-refractivity contribution in [1.29, 1.82) is 0 Å². The predicted molar refractivity (Wildman–Crippen MR) is 78.3 cm³/mol. The first-order valence-electron chi connectivity index (χ1n) is 6.73. The number of hydrogen-bond acceptors (Lipinski definition) is 5. The third-order valence-corrected chi connectivity index (χ3v) is 5.07. The van der Waals surface area contributed by atoms with Crippen molar-refractivity contribution in [3.8, 4) is 0 Å². The van der Waals surface area contributed by atoms with Gasteiger partial charge in [-0.2, -0.15) is 0 Å². The summed E-state index contributed by atoms with van der Waals surface area (Å²) in [6.07, 6.45) is 3.58. The van der Waals surface area contributed by atoms with Crippen LogP contribution in [0.3, 0.4) is 0 Å². The van der Waals surface area contributed by atoms with Gasteiger partial charge in [-0.25, -0.2) is 13.4 Å². The Kier molecular flexibility index (Phi) is 4.63. The normalized spacial score (nSPS) is 21.2. The largest absolute Gasteiger partial charge is 0.385 e. The van der Waals surface area contributed by atoms with E-state index in [9.17, 15) is 8.42 Å². The van der Waals surface area contributed by atoms with E-state index in [1.54, 1.807) is 6.20 Å². The lowest BCUT2D eigenvalue weighted by molar-refractivity contribution is 0.596. The summed E-state index contributed by atoms with van der Waals surface area (Å²) in [4.78, 5) is 4.23. The van der Waals surface area contributed by atoms with E-state index in [0.29, 0.717) is 18.1 Å². The zero-order chi connectivity index (χ0) is 13.7. The first kappa shape index (κ1) is 14.1. The fourth-order valence-corrected chi connectivity index (χ4v) is 4.05. The summed E-state index contributed by atoms with van der Waals surface area (Å²) in [7, 11) is -2.78. The van der Waals surface area contributed by atoms with Crippen LogP contribution in [0.1, 0.15) is 19.8 Å². The monoisotopic (exact) mass is 283 g/mol. The second-order valence-electron chi connectivity index (χ2n) is 5.01. The van der Waals surface area contributed by atoms with Gasteiger partial charge in [-0.15, -0.1) is 0 Å². The summed E-state index contributed by atoms with van der Waals surface area (Å²) < 4.78 is 22.8. The maximum absolute atomic E-state index is 11.4. The van der Waals surface area contributed by atoms with Crippen LogP contribution in [-0.2, 0) is 9.84 Å². The first-order valence-corrected chi connectivity index (χ1v) is 8.55. The van der Waals surface area contributed by atoms with Crippen LogP contribution in [-0.4, -0.2) is 38.0 Å². The summed E-state index contributed by atoms with van der Waals surface area (Å²) in [6, 6.07) is 3.86. The second-order valence-corrected chi connectivity index (χ2v) is 7.24. The molecule has 0 saturated carbocycles. The number of nitrogens with zero attached hydrogens (tertiary/aromatic N) is 1. The maximum Gasteiger partial charge on any atom is 0.150 e. The lowest BCUT2D eigenvalue weighted by Crippen LogP contribution is -2.15. The lowest BCUT2D eigenvalue weighted by atomic mass is 10.1. The molecule has 0 radical (unpaired) electrons. The van der Waals surface area contributed by atoms with E-state index >= 15 is 0 Å². The maximum atomic E-state index is 11.4. The Hall–Kier alpha value is -1.30. The average molecular weight is 283 g/mol. The molecular formula is C13H21N3O2S. The Morgan fingerprint density at radius 1 is 1.42 bits per heavy atom. The van der Waals surface area contributed by atoms with Crippen molar-refractivity contribution in [1.82, 2.24) is 4.98 Å². The van der Waals surface area contributed by atoms with Gasteiger partial charge in [0.1, 0.15) is 5.82 Å². The molecule has 106 valence electrons. The van der Waals surface area contributed by atoms with Crippen molar-refractivity contribution in [2.24, 2.45) is 5.92 Å². The van der Waals surface area contributed by atoms with Crippen LogP contribution in [0.25, 0.3) is 0 Å². The Morgan fingerprint density at radius 3 is 2.95 bits per heavy atom. The van der Waals surface area contributed by atoms with E-state index in [2.05, 4.69) is 22.5 Å². The molecule has 1 atom stereocenters. The number of hydrogen-bond donors (Lipinski definition) is 2. The molecule has 1 aliphatic rings. The molecule has 19 heavy (non-hydrogen) atoms. The molecule has 1 aromatic heterocycles. The molecule has 1 fully saturated rings. The molecule has 0 aliphatic carbocycles. The van der Waals surface area contributed by atoms with Crippen molar-refractivity contribution in [2.45, 2.75) is 19.8 Å². The number of rotatable bonds is 6. The second kappa shape index (κ2) is 6.23. The number of pyridine rings is 1. The van der Waals surface area contributed by atoms with Gasteiger partial charge in [0.2, 0.25) is 0 Å². The third kappa shape index (κ3) is 4.38. The van der Waals surface area contributed by atoms with Crippen LogP contribution in [0.15, 0.2) is 18.3 Å². The molecule has 2 heterocycles. The highest BCUT2D eigenvalue weighted by molar-refractivity contribution is 7.91. The first-order chi connectivity index (χ1) is 9.09. The summed E-state index contributed by atoms with van der Waals surface area (Å²) in [5.41, 5.74) is 0.984. The van der Waals surface area contributed by atoms with Crippen molar-refractivity contribution < 1.29 is 8.42 Å². The Balaban J connectivity index is 1.86. The molecule has 5 nitrogen and oxygen atoms in total. The number of aromatic nitrogens is 1. The van der Waals surface area contributed by atoms with E-state index in [1.165, 1.54) is 0 Å². The molecule has 1 aliphatic heterocycles. The third-order valence-electron chi connectivity index (χ3n) is 3.24. The summed E-state index contributed by atoms with van der Waals surface area (Å²) in [6.45, 7) is 3.71. The minimum atomic E-state index is -2.78. The Bertz CT molecular complexity index is 516. The van der Waals surface area contributed by atoms with Crippen LogP contribution in [0.5, 0.6) is 0 Å². The standard InChI is InChI=1S/C13H21N3O2S/c1-2-5-14-13-8-12(3-6-15-13)16-9-11-4-7-19(17,18)10-11/h3,6,8,11H,2,4-5,7,9-10H2,1H3,(H2,14,15,16). The fourth-order valence-electron chi connectivity index (χ4n) is 2.19. The Morgan fingerprint density at radius 2 is 2.26 bits per heavy atom. The molecule has 1 unspecified atom stereocenters. The molecule has 2 N–H and O–H groups in total. The summed E-state index contributed by atoms with van der Waals surface area (Å²) in [5.74, 6) is 1.72. The number of nitrogens with one attached hydrogen (secondary N) is 2. The highest BCUT2D eigenvalue weighted by Crippen LogP contribution is 2.19. The summed E-state index contributed by atoms with van der Waals surface area (Å²) >= 11 is 0. The van der Waals surface area contributed by atoms with E-state index in [-0.39, 0.29) is 5.92 Å². The van der Waals surface area contributed by atoms with E-state index in [0.717, 1.165) is 30.9 Å². The number of anilines is 2.